The van der Waals surface area contributed by atoms with E-state index in [1.165, 1.54) is 23.9 Å². The molecule has 0 radical (unpaired) electrons. The smallest absolute Gasteiger partial charge is 0.548 e. The van der Waals surface area contributed by atoms with E-state index in [-0.39, 0.29) is 71.2 Å². The van der Waals surface area contributed by atoms with Gasteiger partial charge in [-0.1, -0.05) is 12.1 Å². The van der Waals surface area contributed by atoms with Crippen molar-refractivity contribution in [1.29, 1.82) is 0 Å². The Labute approximate surface area is 248 Å². The number of carboxylic acid groups (broad SMARTS) is 2. The average molecular weight is 522 g/mol. The molecule has 0 spiro atoms. The van der Waals surface area contributed by atoms with Crippen molar-refractivity contribution in [2.45, 2.75) is 30.8 Å². The summed E-state index contributed by atoms with van der Waals surface area (Å²) in [5.74, 6) is -3.48. The van der Waals surface area contributed by atoms with Crippen LogP contribution in [0.25, 0.3) is 0 Å². The molecule has 2 aliphatic heterocycles. The second kappa shape index (κ2) is 13.7. The quantitative estimate of drug-likeness (QED) is 0.218. The molecule has 3 atom stereocenters. The number of nitrogens with two attached hydrogens (primary N) is 1. The fourth-order valence-electron chi connectivity index (χ4n) is 3.27. The van der Waals surface area contributed by atoms with E-state index in [2.05, 4.69) is 15.4 Å². The molecule has 2 aliphatic rings. The molecule has 15 heteroatoms. The molecule has 0 aliphatic carbocycles. The number of aliphatic carboxylic acids is 2. The van der Waals surface area contributed by atoms with Crippen LogP contribution in [0.1, 0.15) is 12.5 Å². The SMILES string of the molecule is CC1=C(C(=O)[O-])N2C(=O)[C@@H](NC(=O)Cc3ccc(NC(=O)OC[C@@H](N)C(=O)[O-])cc3)[C@@H]2SC1.[Na+].[Na+]. The zero-order valence-corrected chi connectivity index (χ0v) is 24.2. The van der Waals surface area contributed by atoms with Crippen LogP contribution in [0.5, 0.6) is 0 Å². The molecular formula is C20H20N4Na2O8S. The summed E-state index contributed by atoms with van der Waals surface area (Å²) in [7, 11) is 0. The number of hydrogen-bond donors (Lipinski definition) is 3. The van der Waals surface area contributed by atoms with Crippen molar-refractivity contribution in [3.8, 4) is 0 Å². The Morgan fingerprint density at radius 3 is 2.40 bits per heavy atom. The van der Waals surface area contributed by atoms with E-state index in [0.717, 1.165) is 4.90 Å². The van der Waals surface area contributed by atoms with Gasteiger partial charge in [0.1, 0.15) is 18.0 Å². The van der Waals surface area contributed by atoms with Gasteiger partial charge in [0.15, 0.2) is 0 Å². The molecule has 4 N–H and O–H groups in total. The Kier molecular flexibility index (Phi) is 12.3. The maximum absolute atomic E-state index is 12.4. The van der Waals surface area contributed by atoms with Gasteiger partial charge in [0, 0.05) is 11.4 Å². The molecular weight excluding hydrogens is 502 g/mol. The summed E-state index contributed by atoms with van der Waals surface area (Å²) in [6.45, 7) is 1.07. The number of carbonyl (C=O) groups is 5. The zero-order chi connectivity index (χ0) is 24.3. The fraction of sp³-hybridized carbons (Fsp3) is 0.350. The second-order valence-electron chi connectivity index (χ2n) is 7.39. The Balaban J connectivity index is 0.00000306. The van der Waals surface area contributed by atoms with Crippen LogP contribution in [0.4, 0.5) is 10.5 Å². The monoisotopic (exact) mass is 522 g/mol. The maximum Gasteiger partial charge on any atom is 1.00 e. The first-order valence-corrected chi connectivity index (χ1v) is 10.8. The van der Waals surface area contributed by atoms with Crippen molar-refractivity contribution in [2.24, 2.45) is 5.73 Å². The number of nitrogens with one attached hydrogen (secondary N) is 2. The van der Waals surface area contributed by atoms with Crippen LogP contribution in [0.15, 0.2) is 35.5 Å². The predicted octanol–water partition coefficient (Wildman–Crippen LogP) is -8.71. The Morgan fingerprint density at radius 2 is 1.83 bits per heavy atom. The molecule has 12 nitrogen and oxygen atoms in total. The standard InChI is InChI=1S/C20H22N4O8S.2Na/c1-9-8-33-17-14(16(26)24(17)15(9)19(29)30)23-13(25)6-10-2-4-11(5-3-10)22-20(31)32-7-12(21)18(27)28;;/h2-5,12,14,17H,6-8,21H2,1H3,(H,22,31)(H,23,25)(H,27,28)(H,29,30);;/q;2*+1/p-2/t12-,14-,17+;;/m1../s1. The number of nitrogens with zero attached hydrogens (tertiary/aromatic N) is 1. The number of β-lactam (4-membered cyclic amide) rings is 1. The molecule has 0 aromatic heterocycles. The summed E-state index contributed by atoms with van der Waals surface area (Å²) >= 11 is 1.36. The number of carboxylic acids is 2. The first-order chi connectivity index (χ1) is 15.6. The van der Waals surface area contributed by atoms with E-state index < -0.39 is 53.9 Å². The summed E-state index contributed by atoms with van der Waals surface area (Å²) < 4.78 is 4.67. The van der Waals surface area contributed by atoms with E-state index in [4.69, 9.17) is 5.73 Å². The Bertz CT molecular complexity index is 1040. The van der Waals surface area contributed by atoms with Crippen molar-refractivity contribution < 1.29 is 98.0 Å². The number of thioether (sulfide) groups is 1. The fourth-order valence-corrected chi connectivity index (χ4v) is 4.56. The van der Waals surface area contributed by atoms with Crippen LogP contribution >= 0.6 is 11.8 Å². The second-order valence-corrected chi connectivity index (χ2v) is 8.50. The third-order valence-electron chi connectivity index (χ3n) is 4.93. The minimum atomic E-state index is -1.55. The number of rotatable bonds is 8. The summed E-state index contributed by atoms with van der Waals surface area (Å²) in [6.07, 6.45) is -0.954. The van der Waals surface area contributed by atoms with Crippen LogP contribution in [0.2, 0.25) is 0 Å². The molecule has 0 unspecified atom stereocenters. The first-order valence-electron chi connectivity index (χ1n) is 9.72. The number of anilines is 1. The third kappa shape index (κ3) is 7.70. The van der Waals surface area contributed by atoms with Gasteiger partial charge in [-0.05, 0) is 30.2 Å². The Morgan fingerprint density at radius 1 is 1.20 bits per heavy atom. The van der Waals surface area contributed by atoms with Crippen LogP contribution < -0.4 is 85.7 Å². The number of amides is 3. The van der Waals surface area contributed by atoms with Crippen molar-refractivity contribution >= 4 is 47.3 Å². The summed E-state index contributed by atoms with van der Waals surface area (Å²) in [4.78, 5) is 59.4. The molecule has 1 aromatic carbocycles. The van der Waals surface area contributed by atoms with Gasteiger partial charge < -0.3 is 35.6 Å². The molecule has 3 rings (SSSR count). The zero-order valence-electron chi connectivity index (χ0n) is 19.4. The van der Waals surface area contributed by atoms with E-state index in [1.807, 2.05) is 0 Å². The van der Waals surface area contributed by atoms with Crippen molar-refractivity contribution in [3.05, 3.63) is 41.1 Å². The number of benzene rings is 1. The van der Waals surface area contributed by atoms with Gasteiger partial charge in [-0.2, -0.15) is 0 Å². The van der Waals surface area contributed by atoms with Gasteiger partial charge in [-0.15, -0.1) is 11.8 Å². The molecule has 1 aromatic rings. The van der Waals surface area contributed by atoms with E-state index in [0.29, 0.717) is 22.6 Å². The molecule has 2 heterocycles. The normalized spacial score (nSPS) is 19.1. The maximum atomic E-state index is 12.4. The molecule has 176 valence electrons. The minimum absolute atomic E-state index is 0. The largest absolute Gasteiger partial charge is 1.00 e. The van der Waals surface area contributed by atoms with Crippen molar-refractivity contribution in [3.63, 3.8) is 0 Å². The number of carbonyl (C=O) groups excluding carboxylic acids is 5. The topological polar surface area (TPSA) is 194 Å². The van der Waals surface area contributed by atoms with Gasteiger partial charge in [0.25, 0.3) is 5.91 Å². The summed E-state index contributed by atoms with van der Waals surface area (Å²) in [6, 6.07) is 3.91. The average Bonchev–Trinajstić information content (AvgIpc) is 2.76. The van der Waals surface area contributed by atoms with Crippen molar-refractivity contribution in [2.75, 3.05) is 17.7 Å². The van der Waals surface area contributed by atoms with Gasteiger partial charge >= 0.3 is 65.2 Å². The van der Waals surface area contributed by atoms with Gasteiger partial charge in [-0.3, -0.25) is 19.8 Å². The van der Waals surface area contributed by atoms with Crippen LogP contribution in [0.3, 0.4) is 0 Å². The predicted molar refractivity (Wildman–Crippen MR) is 111 cm³/mol. The summed E-state index contributed by atoms with van der Waals surface area (Å²) in [5, 5.41) is 26.3. The molecule has 1 fully saturated rings. The Hall–Kier alpha value is -1.58. The van der Waals surface area contributed by atoms with Gasteiger partial charge in [-0.25, -0.2) is 4.79 Å². The number of ether oxygens (including phenoxy) is 1. The van der Waals surface area contributed by atoms with Crippen LogP contribution in [-0.4, -0.2) is 64.6 Å². The van der Waals surface area contributed by atoms with E-state index >= 15 is 0 Å². The van der Waals surface area contributed by atoms with Crippen molar-refractivity contribution in [1.82, 2.24) is 10.2 Å². The summed E-state index contributed by atoms with van der Waals surface area (Å²) in [5.41, 5.74) is 6.51. The first kappa shape index (κ1) is 31.4. The number of fused-ring (bicyclic) bond motifs is 1. The van der Waals surface area contributed by atoms with Crippen LogP contribution in [0, 0.1) is 0 Å². The van der Waals surface area contributed by atoms with Crippen LogP contribution in [-0.2, 0) is 30.3 Å². The molecule has 35 heavy (non-hydrogen) atoms. The number of hydrogen-bond acceptors (Lipinski definition) is 10. The third-order valence-corrected chi connectivity index (χ3v) is 6.35. The molecule has 0 bridgehead atoms. The van der Waals surface area contributed by atoms with Gasteiger partial charge in [0.2, 0.25) is 5.91 Å². The van der Waals surface area contributed by atoms with E-state index in [9.17, 15) is 34.2 Å². The molecule has 3 amide bonds. The molecule has 0 saturated carbocycles. The molecule has 1 saturated heterocycles. The van der Waals surface area contributed by atoms with E-state index in [1.54, 1.807) is 19.1 Å². The minimum Gasteiger partial charge on any atom is -0.548 e. The van der Waals surface area contributed by atoms with Gasteiger partial charge in [0.05, 0.1) is 30.1 Å².